The van der Waals surface area contributed by atoms with E-state index in [1.54, 1.807) is 26.0 Å². The Morgan fingerprint density at radius 2 is 1.97 bits per heavy atom. The highest BCUT2D eigenvalue weighted by molar-refractivity contribution is 8.00. The van der Waals surface area contributed by atoms with Gasteiger partial charge in [-0.25, -0.2) is 9.37 Å². The lowest BCUT2D eigenvalue weighted by Gasteiger charge is -2.15. The Labute approximate surface area is 169 Å². The minimum absolute atomic E-state index is 0.0733. The van der Waals surface area contributed by atoms with E-state index >= 15 is 0 Å². The van der Waals surface area contributed by atoms with Crippen LogP contribution in [0.3, 0.4) is 0 Å². The third-order valence-electron chi connectivity index (χ3n) is 4.49. The average Bonchev–Trinajstić information content (AvgIpc) is 3.08. The van der Waals surface area contributed by atoms with Crippen LogP contribution in [0.2, 0.25) is 0 Å². The Balaban J connectivity index is 1.99. The van der Waals surface area contributed by atoms with Gasteiger partial charge in [-0.05, 0) is 32.0 Å². The van der Waals surface area contributed by atoms with E-state index in [4.69, 9.17) is 4.74 Å². The molecule has 4 rings (SSSR count). The fourth-order valence-corrected chi connectivity index (χ4v) is 4.04. The summed E-state index contributed by atoms with van der Waals surface area (Å²) >= 11 is 1.06. The zero-order chi connectivity index (χ0) is 20.5. The lowest BCUT2D eigenvalue weighted by molar-refractivity contribution is -0.142. The fraction of sp³-hybridized carbons (Fsp3) is 0.190. The number of benzene rings is 2. The van der Waals surface area contributed by atoms with Gasteiger partial charge < -0.3 is 9.72 Å². The average molecular weight is 411 g/mol. The Morgan fingerprint density at radius 1 is 1.24 bits per heavy atom. The van der Waals surface area contributed by atoms with Crippen molar-refractivity contribution in [2.24, 2.45) is 0 Å². The number of esters is 1. The van der Waals surface area contributed by atoms with Crippen molar-refractivity contribution in [1.29, 1.82) is 0 Å². The first-order valence-corrected chi connectivity index (χ1v) is 10.0. The van der Waals surface area contributed by atoms with Gasteiger partial charge in [0.15, 0.2) is 5.16 Å². The molecule has 0 unspecified atom stereocenters. The van der Waals surface area contributed by atoms with Gasteiger partial charge in [0.05, 0.1) is 12.3 Å². The normalized spacial score (nSPS) is 12.4. The Kier molecular flexibility index (Phi) is 5.10. The van der Waals surface area contributed by atoms with Gasteiger partial charge in [-0.3, -0.25) is 14.2 Å². The molecule has 0 saturated heterocycles. The highest BCUT2D eigenvalue weighted by Crippen LogP contribution is 2.29. The molecule has 4 aromatic rings. The topological polar surface area (TPSA) is 77.0 Å². The second kappa shape index (κ2) is 7.71. The molecule has 8 heteroatoms. The van der Waals surface area contributed by atoms with Gasteiger partial charge >= 0.3 is 5.97 Å². The van der Waals surface area contributed by atoms with Crippen molar-refractivity contribution in [2.75, 3.05) is 6.61 Å². The van der Waals surface area contributed by atoms with Crippen molar-refractivity contribution in [3.8, 4) is 5.69 Å². The lowest BCUT2D eigenvalue weighted by Crippen LogP contribution is -2.25. The number of rotatable bonds is 5. The van der Waals surface area contributed by atoms with E-state index in [-0.39, 0.29) is 23.0 Å². The molecule has 2 heterocycles. The number of hydrogen-bond acceptors (Lipinski definition) is 5. The number of aromatic nitrogens is 3. The summed E-state index contributed by atoms with van der Waals surface area (Å²) in [6.45, 7) is 3.64. The van der Waals surface area contributed by atoms with Gasteiger partial charge in [0.2, 0.25) is 0 Å². The number of thioether (sulfide) groups is 1. The van der Waals surface area contributed by atoms with Crippen molar-refractivity contribution in [1.82, 2.24) is 14.5 Å². The molecule has 0 fully saturated rings. The zero-order valence-corrected chi connectivity index (χ0v) is 16.6. The van der Waals surface area contributed by atoms with Crippen molar-refractivity contribution in [2.45, 2.75) is 24.3 Å². The lowest BCUT2D eigenvalue weighted by atomic mass is 10.2. The van der Waals surface area contributed by atoms with Gasteiger partial charge in [-0.2, -0.15) is 0 Å². The summed E-state index contributed by atoms with van der Waals surface area (Å²) in [5, 5.41) is 0.381. The van der Waals surface area contributed by atoms with Crippen molar-refractivity contribution in [3.63, 3.8) is 0 Å². The van der Waals surface area contributed by atoms with Gasteiger partial charge in [-0.1, -0.05) is 42.1 Å². The standard InChI is InChI=1S/C21H18FN3O3S/c1-3-28-20(27)12(2)29-21-24-17-13-8-4-6-10-15(13)23-18(17)19(26)25(21)16-11-7-5-9-14(16)22/h4-12,23H,3H2,1-2H3/t12-/m0/s1. The smallest absolute Gasteiger partial charge is 0.319 e. The van der Waals surface area contributed by atoms with E-state index in [0.717, 1.165) is 22.7 Å². The molecule has 1 N–H and O–H groups in total. The molecule has 2 aromatic heterocycles. The van der Waals surface area contributed by atoms with Crippen molar-refractivity contribution >= 4 is 39.7 Å². The maximum absolute atomic E-state index is 14.6. The summed E-state index contributed by atoms with van der Waals surface area (Å²) in [4.78, 5) is 33.2. The minimum atomic E-state index is -0.623. The van der Waals surface area contributed by atoms with Crippen LogP contribution in [0.5, 0.6) is 0 Å². The largest absolute Gasteiger partial charge is 0.465 e. The molecule has 2 aromatic carbocycles. The highest BCUT2D eigenvalue weighted by atomic mass is 32.2. The van der Waals surface area contributed by atoms with Gasteiger partial charge in [-0.15, -0.1) is 0 Å². The zero-order valence-electron chi connectivity index (χ0n) is 15.8. The first kappa shape index (κ1) is 19.2. The first-order chi connectivity index (χ1) is 14.0. The summed E-state index contributed by atoms with van der Waals surface area (Å²) in [6, 6.07) is 13.4. The molecule has 0 amide bonds. The summed E-state index contributed by atoms with van der Waals surface area (Å²) in [5.41, 5.74) is 1.16. The van der Waals surface area contributed by atoms with Crippen LogP contribution in [-0.4, -0.2) is 32.4 Å². The van der Waals surface area contributed by atoms with Crippen LogP contribution >= 0.6 is 11.8 Å². The van der Waals surface area contributed by atoms with Crippen molar-refractivity contribution in [3.05, 3.63) is 64.7 Å². The molecule has 6 nitrogen and oxygen atoms in total. The summed E-state index contributed by atoms with van der Waals surface area (Å²) in [7, 11) is 0. The molecule has 0 radical (unpaired) electrons. The fourth-order valence-electron chi connectivity index (χ4n) is 3.13. The van der Waals surface area contributed by atoms with Crippen LogP contribution in [0.1, 0.15) is 13.8 Å². The predicted octanol–water partition coefficient (Wildman–Crippen LogP) is 4.05. The number of para-hydroxylation sites is 2. The van der Waals surface area contributed by atoms with Crippen LogP contribution < -0.4 is 5.56 Å². The third-order valence-corrected chi connectivity index (χ3v) is 5.52. The maximum Gasteiger partial charge on any atom is 0.319 e. The Morgan fingerprint density at radius 3 is 2.72 bits per heavy atom. The second-order valence-corrected chi connectivity index (χ2v) is 7.70. The second-order valence-electron chi connectivity index (χ2n) is 6.39. The van der Waals surface area contributed by atoms with Gasteiger partial charge in [0.1, 0.15) is 22.1 Å². The molecule has 0 saturated carbocycles. The first-order valence-electron chi connectivity index (χ1n) is 9.13. The number of hydrogen-bond donors (Lipinski definition) is 1. The number of ether oxygens (including phenoxy) is 1. The molecule has 0 bridgehead atoms. The van der Waals surface area contributed by atoms with E-state index < -0.39 is 22.6 Å². The Hall–Kier alpha value is -3.13. The summed E-state index contributed by atoms with van der Waals surface area (Å²) in [6.07, 6.45) is 0. The minimum Gasteiger partial charge on any atom is -0.465 e. The molecule has 0 aliphatic heterocycles. The van der Waals surface area contributed by atoms with Gasteiger partial charge in [0.25, 0.3) is 5.56 Å². The van der Waals surface area contributed by atoms with E-state index in [0.29, 0.717) is 5.52 Å². The monoisotopic (exact) mass is 411 g/mol. The van der Waals surface area contributed by atoms with E-state index in [9.17, 15) is 14.0 Å². The van der Waals surface area contributed by atoms with Crippen LogP contribution in [0, 0.1) is 5.82 Å². The quantitative estimate of drug-likeness (QED) is 0.305. The number of nitrogens with zero attached hydrogens (tertiary/aromatic N) is 2. The maximum atomic E-state index is 14.6. The van der Waals surface area contributed by atoms with Crippen LogP contribution in [0.15, 0.2) is 58.5 Å². The molecule has 1 atom stereocenters. The van der Waals surface area contributed by atoms with Crippen LogP contribution in [-0.2, 0) is 9.53 Å². The van der Waals surface area contributed by atoms with Gasteiger partial charge in [0, 0.05) is 10.9 Å². The third kappa shape index (κ3) is 3.40. The SMILES string of the molecule is CCOC(=O)[C@H](C)Sc1nc2c([nH]c3ccccc32)c(=O)n1-c1ccccc1F. The number of fused-ring (bicyclic) bond motifs is 3. The summed E-state index contributed by atoms with van der Waals surface area (Å²) in [5.74, 6) is -0.983. The number of aromatic amines is 1. The van der Waals surface area contributed by atoms with E-state index in [1.165, 1.54) is 16.7 Å². The summed E-state index contributed by atoms with van der Waals surface area (Å²) < 4.78 is 20.8. The van der Waals surface area contributed by atoms with Crippen molar-refractivity contribution < 1.29 is 13.9 Å². The molecular formula is C21H18FN3O3S. The number of carbonyl (C=O) groups is 1. The van der Waals surface area contributed by atoms with Crippen LogP contribution in [0.25, 0.3) is 27.6 Å². The highest BCUT2D eigenvalue weighted by Gasteiger charge is 2.23. The molecular weight excluding hydrogens is 393 g/mol. The van der Waals surface area contributed by atoms with E-state index in [1.807, 2.05) is 24.3 Å². The molecule has 29 heavy (non-hydrogen) atoms. The van der Waals surface area contributed by atoms with E-state index in [2.05, 4.69) is 9.97 Å². The predicted molar refractivity (Wildman–Crippen MR) is 111 cm³/mol. The molecule has 0 spiro atoms. The number of carbonyl (C=O) groups excluding carboxylic acids is 1. The number of nitrogens with one attached hydrogen (secondary N) is 1. The molecule has 0 aliphatic rings. The molecule has 0 aliphatic carbocycles. The van der Waals surface area contributed by atoms with Crippen LogP contribution in [0.4, 0.5) is 4.39 Å². The number of H-pyrrole nitrogens is 1. The Bertz CT molecular complexity index is 1280. The number of halogens is 1. The molecule has 148 valence electrons.